The lowest BCUT2D eigenvalue weighted by Gasteiger charge is -2.37. The molecule has 1 unspecified atom stereocenters. The third kappa shape index (κ3) is 3.87. The molecule has 1 aromatic carbocycles. The molecule has 0 bridgehead atoms. The lowest BCUT2D eigenvalue weighted by atomic mass is 10.1. The van der Waals surface area contributed by atoms with Crippen LogP contribution >= 0.6 is 46.4 Å². The highest BCUT2D eigenvalue weighted by molar-refractivity contribution is 7.89. The van der Waals surface area contributed by atoms with Gasteiger partial charge in [-0.3, -0.25) is 0 Å². The molecule has 0 aromatic heterocycles. The number of hydrogen-bond donors (Lipinski definition) is 0. The van der Waals surface area contributed by atoms with Gasteiger partial charge >= 0.3 is 0 Å². The summed E-state index contributed by atoms with van der Waals surface area (Å²) in [5, 5.41) is 0.460. The molecule has 116 valence electrons. The van der Waals surface area contributed by atoms with Crippen LogP contribution in [0.1, 0.15) is 13.3 Å². The van der Waals surface area contributed by atoms with E-state index in [2.05, 4.69) is 0 Å². The van der Waals surface area contributed by atoms with Crippen LogP contribution in [-0.2, 0) is 10.0 Å². The largest absolute Gasteiger partial charge is 0.243 e. The Labute approximate surface area is 144 Å². The molecule has 0 aliphatic carbocycles. The number of hydrogen-bond acceptors (Lipinski definition) is 2. The van der Waals surface area contributed by atoms with Gasteiger partial charge in [0, 0.05) is 11.6 Å². The van der Waals surface area contributed by atoms with Gasteiger partial charge in [-0.2, -0.15) is 4.31 Å². The molecule has 21 heavy (non-hydrogen) atoms. The highest BCUT2D eigenvalue weighted by atomic mass is 35.6. The van der Waals surface area contributed by atoms with Gasteiger partial charge in [0.15, 0.2) is 0 Å². The van der Waals surface area contributed by atoms with E-state index < -0.39 is 19.9 Å². The summed E-state index contributed by atoms with van der Waals surface area (Å²) in [4.78, 5) is 0.124. The van der Waals surface area contributed by atoms with Crippen LogP contribution in [-0.4, -0.2) is 29.1 Å². The first-order valence-corrected chi connectivity index (χ1v) is 9.07. The Kier molecular flexibility index (Phi) is 5.19. The quantitative estimate of drug-likeness (QED) is 0.555. The molecule has 3 nitrogen and oxygen atoms in total. The fourth-order valence-electron chi connectivity index (χ4n) is 2.15. The molecule has 0 spiro atoms. The van der Waals surface area contributed by atoms with E-state index in [0.717, 1.165) is 5.57 Å². The van der Waals surface area contributed by atoms with Gasteiger partial charge in [0.05, 0.1) is 10.9 Å². The summed E-state index contributed by atoms with van der Waals surface area (Å²) >= 11 is 23.7. The molecule has 0 N–H and O–H groups in total. The fraction of sp³-hybridized carbons (Fsp3) is 0.385. The molecule has 0 saturated heterocycles. The summed E-state index contributed by atoms with van der Waals surface area (Å²) in [5.41, 5.74) is 0.994. The molecule has 0 amide bonds. The normalized spacial score (nSPS) is 21.2. The van der Waals surface area contributed by atoms with Crippen LogP contribution in [0.5, 0.6) is 0 Å². The Bertz CT molecular complexity index is 650. The first-order chi connectivity index (χ1) is 9.62. The Balaban J connectivity index is 2.44. The van der Waals surface area contributed by atoms with E-state index in [1.165, 1.54) is 28.6 Å². The highest BCUT2D eigenvalue weighted by Gasteiger charge is 2.44. The van der Waals surface area contributed by atoms with Crippen molar-refractivity contribution in [1.29, 1.82) is 0 Å². The maximum atomic E-state index is 12.7. The van der Waals surface area contributed by atoms with E-state index >= 15 is 0 Å². The first kappa shape index (κ1) is 17.4. The van der Waals surface area contributed by atoms with Crippen molar-refractivity contribution in [2.24, 2.45) is 0 Å². The molecular weight excluding hydrogens is 376 g/mol. The van der Waals surface area contributed by atoms with E-state index in [1.54, 1.807) is 0 Å². The van der Waals surface area contributed by atoms with E-state index in [-0.39, 0.29) is 11.4 Å². The van der Waals surface area contributed by atoms with Crippen LogP contribution in [0.4, 0.5) is 0 Å². The van der Waals surface area contributed by atoms with Crippen LogP contribution in [0.15, 0.2) is 40.8 Å². The number of alkyl halides is 3. The van der Waals surface area contributed by atoms with Gasteiger partial charge in [0.1, 0.15) is 0 Å². The number of halogens is 4. The number of nitrogens with zero attached hydrogens (tertiary/aromatic N) is 1. The zero-order valence-corrected chi connectivity index (χ0v) is 14.9. The lowest BCUT2D eigenvalue weighted by molar-refractivity contribution is 0.328. The number of rotatable bonds is 2. The average molecular weight is 389 g/mol. The van der Waals surface area contributed by atoms with Crippen molar-refractivity contribution >= 4 is 56.4 Å². The molecule has 1 atom stereocenters. The summed E-state index contributed by atoms with van der Waals surface area (Å²) < 4.78 is 25.0. The lowest BCUT2D eigenvalue weighted by Crippen LogP contribution is -2.49. The van der Waals surface area contributed by atoms with E-state index in [4.69, 9.17) is 46.4 Å². The third-order valence-electron chi connectivity index (χ3n) is 3.28. The minimum absolute atomic E-state index is 0.124. The third-order valence-corrected chi connectivity index (χ3v) is 6.18. The summed E-state index contributed by atoms with van der Waals surface area (Å²) in [6.45, 7) is 2.06. The second kappa shape index (κ2) is 6.26. The van der Waals surface area contributed by atoms with Crippen molar-refractivity contribution in [2.45, 2.75) is 28.1 Å². The number of sulfonamides is 1. The Hall–Kier alpha value is 0.0300. The summed E-state index contributed by atoms with van der Waals surface area (Å²) in [6, 6.07) is 5.18. The molecule has 1 heterocycles. The van der Waals surface area contributed by atoms with Gasteiger partial charge in [0.25, 0.3) is 0 Å². The van der Waals surface area contributed by atoms with Gasteiger partial charge in [-0.15, -0.1) is 0 Å². The van der Waals surface area contributed by atoms with Crippen molar-refractivity contribution < 1.29 is 8.42 Å². The number of benzene rings is 1. The highest BCUT2D eigenvalue weighted by Crippen LogP contribution is 2.40. The smallest absolute Gasteiger partial charge is 0.207 e. The second-order valence-electron chi connectivity index (χ2n) is 4.84. The summed E-state index contributed by atoms with van der Waals surface area (Å²) in [6.07, 6.45) is 2.20. The van der Waals surface area contributed by atoms with E-state index in [9.17, 15) is 8.42 Å². The average Bonchev–Trinajstić information content (AvgIpc) is 2.38. The monoisotopic (exact) mass is 387 g/mol. The molecule has 2 rings (SSSR count). The molecule has 0 fully saturated rings. The van der Waals surface area contributed by atoms with Gasteiger partial charge in [-0.1, -0.05) is 58.1 Å². The predicted molar refractivity (Wildman–Crippen MR) is 87.8 cm³/mol. The minimum Gasteiger partial charge on any atom is -0.207 e. The standard InChI is InChI=1S/C13H13Cl4NO2S/c1-9-6-7-18(12(8-9)13(15,16)17)21(19,20)11-4-2-10(14)3-5-11/h2-6,12H,7-8H2,1H3. The molecule has 1 aliphatic heterocycles. The van der Waals surface area contributed by atoms with Crippen molar-refractivity contribution in [3.8, 4) is 0 Å². The van der Waals surface area contributed by atoms with Crippen LogP contribution < -0.4 is 0 Å². The van der Waals surface area contributed by atoms with Crippen molar-refractivity contribution in [3.05, 3.63) is 40.9 Å². The maximum absolute atomic E-state index is 12.7. The zero-order valence-electron chi connectivity index (χ0n) is 11.1. The molecule has 1 aromatic rings. The zero-order chi connectivity index (χ0) is 15.8. The van der Waals surface area contributed by atoms with E-state index in [0.29, 0.717) is 11.4 Å². The van der Waals surface area contributed by atoms with Crippen LogP contribution in [0, 0.1) is 0 Å². The summed E-state index contributed by atoms with van der Waals surface area (Å²) in [5.74, 6) is 0. The van der Waals surface area contributed by atoms with Crippen molar-refractivity contribution in [2.75, 3.05) is 6.54 Å². The Morgan fingerprint density at radius 3 is 2.29 bits per heavy atom. The predicted octanol–water partition coefficient (Wildman–Crippen LogP) is 4.42. The van der Waals surface area contributed by atoms with Crippen LogP contribution in [0.2, 0.25) is 5.02 Å². The molecular formula is C13H13Cl4NO2S. The summed E-state index contributed by atoms with van der Waals surface area (Å²) in [7, 11) is -3.76. The van der Waals surface area contributed by atoms with Gasteiger partial charge in [-0.25, -0.2) is 8.42 Å². The van der Waals surface area contributed by atoms with Crippen molar-refractivity contribution in [1.82, 2.24) is 4.31 Å². The van der Waals surface area contributed by atoms with Crippen LogP contribution in [0.25, 0.3) is 0 Å². The first-order valence-electron chi connectivity index (χ1n) is 6.12. The van der Waals surface area contributed by atoms with Crippen molar-refractivity contribution in [3.63, 3.8) is 0 Å². The maximum Gasteiger partial charge on any atom is 0.243 e. The van der Waals surface area contributed by atoms with Gasteiger partial charge < -0.3 is 0 Å². The van der Waals surface area contributed by atoms with Gasteiger partial charge in [-0.05, 0) is 37.6 Å². The van der Waals surface area contributed by atoms with E-state index in [1.807, 2.05) is 13.0 Å². The van der Waals surface area contributed by atoms with Gasteiger partial charge in [0.2, 0.25) is 13.8 Å². The Morgan fingerprint density at radius 1 is 1.19 bits per heavy atom. The molecule has 8 heteroatoms. The SMILES string of the molecule is CC1=CCN(S(=O)(=O)c2ccc(Cl)cc2)C(C(Cl)(Cl)Cl)C1. The molecule has 0 radical (unpaired) electrons. The topological polar surface area (TPSA) is 37.4 Å². The second-order valence-corrected chi connectivity index (χ2v) is 9.54. The minimum atomic E-state index is -3.76. The Morgan fingerprint density at radius 2 is 1.76 bits per heavy atom. The van der Waals surface area contributed by atoms with Crippen LogP contribution in [0.3, 0.4) is 0 Å². The fourth-order valence-corrected chi connectivity index (χ4v) is 4.62. The molecule has 0 saturated carbocycles. The molecule has 1 aliphatic rings.